The molecule has 0 bridgehead atoms. The fourth-order valence-electron chi connectivity index (χ4n) is 1.02. The topological polar surface area (TPSA) is 0 Å². The van der Waals surface area contributed by atoms with Gasteiger partial charge in [0.05, 0.1) is 0 Å². The number of hydrogen-bond acceptors (Lipinski definition) is 0. The molecule has 0 aromatic carbocycles. The van der Waals surface area contributed by atoms with Crippen molar-refractivity contribution in [1.29, 1.82) is 0 Å². The zero-order valence-electron chi connectivity index (χ0n) is 7.44. The summed E-state index contributed by atoms with van der Waals surface area (Å²) in [5, 5.41) is 0. The highest BCUT2D eigenvalue weighted by Gasteiger charge is 2.07. The summed E-state index contributed by atoms with van der Waals surface area (Å²) in [5.74, 6) is 2.61. The number of hydrogen-bond donors (Lipinski definition) is 0. The van der Waals surface area contributed by atoms with Gasteiger partial charge >= 0.3 is 0 Å². The lowest BCUT2D eigenvalue weighted by atomic mass is 9.90. The van der Waals surface area contributed by atoms with Crippen LogP contribution in [0.5, 0.6) is 0 Å². The molecular weight excluding hydrogens is 108 g/mol. The average Bonchev–Trinajstić information content (AvgIpc) is 1.63. The maximum Gasteiger partial charge on any atom is -0.0417 e. The first-order valence-corrected chi connectivity index (χ1v) is 4.04. The van der Waals surface area contributed by atoms with E-state index < -0.39 is 0 Å². The van der Waals surface area contributed by atoms with E-state index in [9.17, 15) is 0 Å². The van der Waals surface area contributed by atoms with Gasteiger partial charge in [-0.25, -0.2) is 0 Å². The van der Waals surface area contributed by atoms with Crippen LogP contribution >= 0.6 is 0 Å². The fraction of sp³-hybridized carbons (Fsp3) is 1.00. The third-order valence-electron chi connectivity index (χ3n) is 1.98. The van der Waals surface area contributed by atoms with E-state index in [1.807, 2.05) is 0 Å². The molecule has 0 aliphatic rings. The highest BCUT2D eigenvalue weighted by Crippen LogP contribution is 2.18. The normalized spacial score (nSPS) is 15.0. The van der Waals surface area contributed by atoms with Crippen molar-refractivity contribution in [2.45, 2.75) is 41.0 Å². The molecule has 0 unspecified atom stereocenters. The molecule has 0 aromatic heterocycles. The van der Waals surface area contributed by atoms with Crippen LogP contribution in [0, 0.1) is 17.8 Å². The molecule has 9 heavy (non-hydrogen) atoms. The monoisotopic (exact) mass is 128 g/mol. The van der Waals surface area contributed by atoms with Gasteiger partial charge in [-0.3, -0.25) is 0 Å². The molecule has 1 atom stereocenters. The van der Waals surface area contributed by atoms with Crippen LogP contribution in [0.15, 0.2) is 0 Å². The van der Waals surface area contributed by atoms with Gasteiger partial charge in [0.1, 0.15) is 0 Å². The molecule has 0 aliphatic heterocycles. The van der Waals surface area contributed by atoms with Gasteiger partial charge in [-0.2, -0.15) is 0 Å². The third kappa shape index (κ3) is 4.50. The Kier molecular flexibility index (Phi) is 3.92. The van der Waals surface area contributed by atoms with Crippen LogP contribution in [0.4, 0.5) is 0 Å². The molecule has 0 heterocycles. The largest absolute Gasteiger partial charge is 0.0628 e. The van der Waals surface area contributed by atoms with E-state index in [0.29, 0.717) is 0 Å². The highest BCUT2D eigenvalue weighted by molar-refractivity contribution is 4.58. The second-order valence-corrected chi connectivity index (χ2v) is 3.85. The minimum Gasteiger partial charge on any atom is -0.0628 e. The summed E-state index contributed by atoms with van der Waals surface area (Å²) in [5.41, 5.74) is 0. The van der Waals surface area contributed by atoms with Gasteiger partial charge in [0.15, 0.2) is 0 Å². The van der Waals surface area contributed by atoms with E-state index in [-0.39, 0.29) is 0 Å². The minimum atomic E-state index is 0.854. The van der Waals surface area contributed by atoms with Crippen LogP contribution in [0.2, 0.25) is 0 Å². The molecule has 0 aromatic rings. The zero-order chi connectivity index (χ0) is 7.44. The van der Waals surface area contributed by atoms with Gasteiger partial charge in [0, 0.05) is 0 Å². The second-order valence-electron chi connectivity index (χ2n) is 3.85. The fourth-order valence-corrected chi connectivity index (χ4v) is 1.02. The molecule has 0 saturated carbocycles. The average molecular weight is 128 g/mol. The third-order valence-corrected chi connectivity index (χ3v) is 1.98. The lowest BCUT2D eigenvalue weighted by molar-refractivity contribution is 0.344. The van der Waals surface area contributed by atoms with Crippen LogP contribution in [0.3, 0.4) is 0 Å². The Morgan fingerprint density at radius 2 is 1.33 bits per heavy atom. The van der Waals surface area contributed by atoms with Crippen LogP contribution in [-0.2, 0) is 0 Å². The Morgan fingerprint density at radius 1 is 0.889 bits per heavy atom. The summed E-state index contributed by atoms with van der Waals surface area (Å²) in [7, 11) is 0. The molecular formula is C9H20. The SMILES string of the molecule is CC(C)C[C@@H](C)C(C)C. The molecule has 0 aliphatic carbocycles. The molecule has 0 amide bonds. The first-order valence-electron chi connectivity index (χ1n) is 4.04. The van der Waals surface area contributed by atoms with Crippen LogP contribution in [0.1, 0.15) is 41.0 Å². The van der Waals surface area contributed by atoms with Crippen molar-refractivity contribution in [3.05, 3.63) is 0 Å². The Labute approximate surface area is 59.7 Å². The van der Waals surface area contributed by atoms with Gasteiger partial charge in [-0.05, 0) is 24.2 Å². The van der Waals surface area contributed by atoms with E-state index in [2.05, 4.69) is 34.6 Å². The quantitative estimate of drug-likeness (QED) is 0.547. The van der Waals surface area contributed by atoms with Crippen molar-refractivity contribution < 1.29 is 0 Å². The van der Waals surface area contributed by atoms with Gasteiger partial charge in [0.2, 0.25) is 0 Å². The molecule has 0 spiro atoms. The van der Waals surface area contributed by atoms with Crippen LogP contribution < -0.4 is 0 Å². The Balaban J connectivity index is 3.38. The van der Waals surface area contributed by atoms with Crippen LogP contribution in [0.25, 0.3) is 0 Å². The summed E-state index contributed by atoms with van der Waals surface area (Å²) in [6, 6.07) is 0. The van der Waals surface area contributed by atoms with Crippen LogP contribution in [-0.4, -0.2) is 0 Å². The number of rotatable bonds is 3. The van der Waals surface area contributed by atoms with Crippen molar-refractivity contribution >= 4 is 0 Å². The maximum absolute atomic E-state index is 2.34. The van der Waals surface area contributed by atoms with E-state index >= 15 is 0 Å². The predicted molar refractivity (Wildman–Crippen MR) is 43.5 cm³/mol. The Morgan fingerprint density at radius 3 is 1.44 bits per heavy atom. The summed E-state index contributed by atoms with van der Waals surface area (Å²) in [6.45, 7) is 11.5. The minimum absolute atomic E-state index is 0.854. The van der Waals surface area contributed by atoms with E-state index in [4.69, 9.17) is 0 Å². The summed E-state index contributed by atoms with van der Waals surface area (Å²) >= 11 is 0. The van der Waals surface area contributed by atoms with E-state index in [0.717, 1.165) is 17.8 Å². The molecule has 0 fully saturated rings. The van der Waals surface area contributed by atoms with E-state index in [1.165, 1.54) is 6.42 Å². The second kappa shape index (κ2) is 3.92. The molecule has 0 rings (SSSR count). The Bertz CT molecular complexity index is 62.4. The molecule has 0 nitrogen and oxygen atoms in total. The molecule has 0 N–H and O–H groups in total. The van der Waals surface area contributed by atoms with Gasteiger partial charge < -0.3 is 0 Å². The molecule has 0 saturated heterocycles. The first-order chi connectivity index (χ1) is 4.04. The van der Waals surface area contributed by atoms with Gasteiger partial charge in [0.25, 0.3) is 0 Å². The molecule has 0 radical (unpaired) electrons. The van der Waals surface area contributed by atoms with Crippen molar-refractivity contribution in [3.8, 4) is 0 Å². The lowest BCUT2D eigenvalue weighted by Crippen LogP contribution is -2.06. The van der Waals surface area contributed by atoms with E-state index in [1.54, 1.807) is 0 Å². The standard InChI is InChI=1S/C9H20/c1-7(2)6-9(5)8(3)4/h7-9H,6H2,1-5H3/t9-/m1/s1. The van der Waals surface area contributed by atoms with Crippen molar-refractivity contribution in [2.24, 2.45) is 17.8 Å². The Hall–Kier alpha value is 0. The van der Waals surface area contributed by atoms with Crippen molar-refractivity contribution in [3.63, 3.8) is 0 Å². The van der Waals surface area contributed by atoms with Gasteiger partial charge in [-0.1, -0.05) is 34.6 Å². The van der Waals surface area contributed by atoms with Crippen molar-refractivity contribution in [1.82, 2.24) is 0 Å². The highest BCUT2D eigenvalue weighted by atomic mass is 14.1. The summed E-state index contributed by atoms with van der Waals surface area (Å²) < 4.78 is 0. The van der Waals surface area contributed by atoms with Crippen molar-refractivity contribution in [2.75, 3.05) is 0 Å². The molecule has 0 heteroatoms. The predicted octanol–water partition coefficient (Wildman–Crippen LogP) is 3.32. The zero-order valence-corrected chi connectivity index (χ0v) is 7.44. The first kappa shape index (κ1) is 9.00. The van der Waals surface area contributed by atoms with Gasteiger partial charge in [-0.15, -0.1) is 0 Å². The smallest absolute Gasteiger partial charge is 0.0417 e. The lowest BCUT2D eigenvalue weighted by Gasteiger charge is -2.16. The maximum atomic E-state index is 2.34. The molecule has 56 valence electrons. The summed E-state index contributed by atoms with van der Waals surface area (Å²) in [6.07, 6.45) is 1.37. The summed E-state index contributed by atoms with van der Waals surface area (Å²) in [4.78, 5) is 0.